The van der Waals surface area contributed by atoms with E-state index in [-0.39, 0.29) is 18.4 Å². The fraction of sp³-hybridized carbons (Fsp3) is 0.304. The lowest BCUT2D eigenvalue weighted by molar-refractivity contribution is -0.137. The van der Waals surface area contributed by atoms with Crippen LogP contribution in [0, 0.1) is 0 Å². The molecule has 8 heteroatoms. The topological polar surface area (TPSA) is 86.3 Å². The van der Waals surface area contributed by atoms with Crippen molar-refractivity contribution in [3.05, 3.63) is 54.1 Å². The second kappa shape index (κ2) is 11.0. The Balaban J connectivity index is 1.49. The third-order valence-corrected chi connectivity index (χ3v) is 4.68. The van der Waals surface area contributed by atoms with Crippen molar-refractivity contribution >= 4 is 23.6 Å². The van der Waals surface area contributed by atoms with Crippen LogP contribution in [0.25, 0.3) is 6.08 Å². The van der Waals surface area contributed by atoms with Gasteiger partial charge in [-0.05, 0) is 48.0 Å². The molecule has 1 N–H and O–H groups in total. The number of carbonyl (C=O) groups excluding carboxylic acids is 2. The van der Waals surface area contributed by atoms with Crippen LogP contribution in [0.4, 0.5) is 5.69 Å². The minimum Gasteiger partial charge on any atom is -0.493 e. The van der Waals surface area contributed by atoms with Gasteiger partial charge in [0.25, 0.3) is 5.91 Å². The molecule has 0 aromatic heterocycles. The second-order valence-corrected chi connectivity index (χ2v) is 6.74. The second-order valence-electron chi connectivity index (χ2n) is 6.74. The number of benzene rings is 2. The maximum atomic E-state index is 12.2. The number of nitrogens with one attached hydrogen (secondary N) is 1. The predicted octanol–water partition coefficient (Wildman–Crippen LogP) is 2.59. The Kier molecular flexibility index (Phi) is 7.89. The van der Waals surface area contributed by atoms with Gasteiger partial charge < -0.3 is 29.2 Å². The van der Waals surface area contributed by atoms with Crippen LogP contribution in [0.15, 0.2) is 48.5 Å². The first-order valence-electron chi connectivity index (χ1n) is 9.88. The lowest BCUT2D eigenvalue weighted by Gasteiger charge is -2.26. The molecule has 0 radical (unpaired) electrons. The molecule has 0 atom stereocenters. The summed E-state index contributed by atoms with van der Waals surface area (Å²) in [6, 6.07) is 12.2. The molecule has 0 saturated carbocycles. The highest BCUT2D eigenvalue weighted by atomic mass is 16.5. The predicted molar refractivity (Wildman–Crippen MR) is 117 cm³/mol. The SMILES string of the molecule is COc1ccc(/C=C/C(=O)Nc2ccc(OCC(=O)N3CCOCC3)cc2)cc1OC. The van der Waals surface area contributed by atoms with Gasteiger partial charge in [0.1, 0.15) is 5.75 Å². The summed E-state index contributed by atoms with van der Waals surface area (Å²) in [5.41, 5.74) is 1.43. The molecular weight excluding hydrogens is 400 g/mol. The highest BCUT2D eigenvalue weighted by molar-refractivity contribution is 6.02. The van der Waals surface area contributed by atoms with E-state index in [2.05, 4.69) is 5.32 Å². The molecule has 1 heterocycles. The number of ether oxygens (including phenoxy) is 4. The van der Waals surface area contributed by atoms with E-state index in [0.29, 0.717) is 49.2 Å². The summed E-state index contributed by atoms with van der Waals surface area (Å²) in [5, 5.41) is 2.78. The van der Waals surface area contributed by atoms with Gasteiger partial charge in [0.15, 0.2) is 18.1 Å². The van der Waals surface area contributed by atoms with E-state index in [1.807, 2.05) is 6.07 Å². The molecule has 1 aliphatic heterocycles. The number of hydrogen-bond acceptors (Lipinski definition) is 6. The van der Waals surface area contributed by atoms with Crippen LogP contribution in [0.5, 0.6) is 17.2 Å². The summed E-state index contributed by atoms with van der Waals surface area (Å²) in [5.74, 6) is 1.43. The van der Waals surface area contributed by atoms with Crippen molar-refractivity contribution in [3.8, 4) is 17.2 Å². The Hall–Kier alpha value is -3.52. The number of amides is 2. The quantitative estimate of drug-likeness (QED) is 0.653. The van der Waals surface area contributed by atoms with Gasteiger partial charge in [-0.15, -0.1) is 0 Å². The van der Waals surface area contributed by atoms with Gasteiger partial charge in [0.05, 0.1) is 27.4 Å². The zero-order valence-corrected chi connectivity index (χ0v) is 17.6. The fourth-order valence-corrected chi connectivity index (χ4v) is 3.00. The first-order chi connectivity index (χ1) is 15.1. The van der Waals surface area contributed by atoms with E-state index in [9.17, 15) is 9.59 Å². The van der Waals surface area contributed by atoms with Gasteiger partial charge in [0, 0.05) is 24.9 Å². The molecule has 0 aliphatic carbocycles. The van der Waals surface area contributed by atoms with Gasteiger partial charge in [-0.2, -0.15) is 0 Å². The molecule has 2 aromatic carbocycles. The molecule has 8 nitrogen and oxygen atoms in total. The largest absolute Gasteiger partial charge is 0.493 e. The van der Waals surface area contributed by atoms with Crippen LogP contribution in [-0.4, -0.2) is 63.8 Å². The van der Waals surface area contributed by atoms with E-state index < -0.39 is 0 Å². The van der Waals surface area contributed by atoms with Gasteiger partial charge in [-0.25, -0.2) is 0 Å². The highest BCUT2D eigenvalue weighted by Gasteiger charge is 2.17. The zero-order chi connectivity index (χ0) is 22.1. The molecule has 2 aromatic rings. The number of rotatable bonds is 8. The van der Waals surface area contributed by atoms with E-state index in [4.69, 9.17) is 18.9 Å². The molecule has 31 heavy (non-hydrogen) atoms. The summed E-state index contributed by atoms with van der Waals surface area (Å²) < 4.78 is 21.2. The molecule has 0 bridgehead atoms. The number of morpholine rings is 1. The van der Waals surface area contributed by atoms with Crippen molar-refractivity contribution in [1.82, 2.24) is 4.90 Å². The molecule has 1 fully saturated rings. The van der Waals surface area contributed by atoms with Crippen molar-refractivity contribution in [2.75, 3.05) is 52.4 Å². The van der Waals surface area contributed by atoms with Crippen LogP contribution < -0.4 is 19.5 Å². The Morgan fingerprint density at radius 2 is 1.74 bits per heavy atom. The lowest BCUT2D eigenvalue weighted by Crippen LogP contribution is -2.42. The van der Waals surface area contributed by atoms with Gasteiger partial charge >= 0.3 is 0 Å². The maximum Gasteiger partial charge on any atom is 0.260 e. The molecule has 2 amide bonds. The highest BCUT2D eigenvalue weighted by Crippen LogP contribution is 2.28. The van der Waals surface area contributed by atoms with Crippen LogP contribution in [-0.2, 0) is 14.3 Å². The number of carbonyl (C=O) groups is 2. The van der Waals surface area contributed by atoms with Crippen molar-refractivity contribution in [2.24, 2.45) is 0 Å². The maximum absolute atomic E-state index is 12.2. The monoisotopic (exact) mass is 426 g/mol. The Labute approximate surface area is 181 Å². The first kappa shape index (κ1) is 22.2. The van der Waals surface area contributed by atoms with Crippen molar-refractivity contribution in [1.29, 1.82) is 0 Å². The smallest absolute Gasteiger partial charge is 0.260 e. The minimum atomic E-state index is -0.272. The summed E-state index contributed by atoms with van der Waals surface area (Å²) >= 11 is 0. The molecule has 1 aliphatic rings. The summed E-state index contributed by atoms with van der Waals surface area (Å²) in [4.78, 5) is 26.0. The number of hydrogen-bond donors (Lipinski definition) is 1. The number of nitrogens with zero attached hydrogens (tertiary/aromatic N) is 1. The normalized spacial score (nSPS) is 13.7. The molecule has 1 saturated heterocycles. The molecule has 0 unspecified atom stereocenters. The van der Waals surface area contributed by atoms with Crippen molar-refractivity contribution in [3.63, 3.8) is 0 Å². The Morgan fingerprint density at radius 3 is 2.42 bits per heavy atom. The molecule has 0 spiro atoms. The van der Waals surface area contributed by atoms with Crippen molar-refractivity contribution in [2.45, 2.75) is 0 Å². The third-order valence-electron chi connectivity index (χ3n) is 4.68. The lowest BCUT2D eigenvalue weighted by atomic mass is 10.2. The van der Waals surface area contributed by atoms with Gasteiger partial charge in [0.2, 0.25) is 5.91 Å². The zero-order valence-electron chi connectivity index (χ0n) is 17.6. The average molecular weight is 426 g/mol. The Morgan fingerprint density at radius 1 is 1.03 bits per heavy atom. The molecular formula is C23H26N2O6. The summed E-state index contributed by atoms with van der Waals surface area (Å²) in [6.45, 7) is 2.26. The number of methoxy groups -OCH3 is 2. The van der Waals surface area contributed by atoms with E-state index >= 15 is 0 Å². The van der Waals surface area contributed by atoms with Gasteiger partial charge in [-0.3, -0.25) is 9.59 Å². The molecule has 3 rings (SSSR count). The third kappa shape index (κ3) is 6.48. The Bertz CT molecular complexity index is 920. The fourth-order valence-electron chi connectivity index (χ4n) is 3.00. The van der Waals surface area contributed by atoms with Crippen LogP contribution in [0.1, 0.15) is 5.56 Å². The van der Waals surface area contributed by atoms with E-state index in [0.717, 1.165) is 5.56 Å². The van der Waals surface area contributed by atoms with Crippen LogP contribution in [0.2, 0.25) is 0 Å². The minimum absolute atomic E-state index is 0.0280. The van der Waals surface area contributed by atoms with Crippen LogP contribution >= 0.6 is 0 Å². The number of anilines is 1. The summed E-state index contributed by atoms with van der Waals surface area (Å²) in [6.07, 6.45) is 3.12. The average Bonchev–Trinajstić information content (AvgIpc) is 2.82. The van der Waals surface area contributed by atoms with Crippen LogP contribution in [0.3, 0.4) is 0 Å². The van der Waals surface area contributed by atoms with E-state index in [1.165, 1.54) is 6.08 Å². The van der Waals surface area contributed by atoms with Gasteiger partial charge in [-0.1, -0.05) is 6.07 Å². The molecule has 164 valence electrons. The summed E-state index contributed by atoms with van der Waals surface area (Å²) in [7, 11) is 3.13. The van der Waals surface area contributed by atoms with Crippen molar-refractivity contribution < 1.29 is 28.5 Å². The standard InChI is InChI=1S/C23H26N2O6/c1-28-20-9-3-17(15-21(20)29-2)4-10-22(26)24-18-5-7-19(8-6-18)31-16-23(27)25-11-13-30-14-12-25/h3-10,15H,11-14,16H2,1-2H3,(H,24,26)/b10-4+. The van der Waals surface area contributed by atoms with E-state index in [1.54, 1.807) is 61.6 Å². The first-order valence-corrected chi connectivity index (χ1v) is 9.88.